The minimum Gasteiger partial charge on any atom is -0.353 e. The van der Waals surface area contributed by atoms with E-state index in [0.29, 0.717) is 13.0 Å². The Morgan fingerprint density at radius 3 is 2.56 bits per heavy atom. The lowest BCUT2D eigenvalue weighted by atomic mass is 10.0. The Labute approximate surface area is 116 Å². The van der Waals surface area contributed by atoms with Crippen molar-refractivity contribution in [3.05, 3.63) is 35.9 Å². The highest BCUT2D eigenvalue weighted by atomic mass is 35.5. The molecule has 1 unspecified atom stereocenters. The fraction of sp³-hybridized carbons (Fsp3) is 0.500. The summed E-state index contributed by atoms with van der Waals surface area (Å²) in [6.07, 6.45) is 3.38. The van der Waals surface area contributed by atoms with E-state index >= 15 is 0 Å². The summed E-state index contributed by atoms with van der Waals surface area (Å²) in [6.45, 7) is 2.54. The van der Waals surface area contributed by atoms with Crippen molar-refractivity contribution in [2.24, 2.45) is 5.73 Å². The minimum absolute atomic E-state index is 0. The van der Waals surface area contributed by atoms with Gasteiger partial charge in [0.1, 0.15) is 0 Å². The molecular formula is C14H23ClN2O. The lowest BCUT2D eigenvalue weighted by molar-refractivity contribution is -0.121. The Bertz CT molecular complexity index is 330. The van der Waals surface area contributed by atoms with E-state index in [1.54, 1.807) is 0 Å². The number of amides is 1. The molecule has 1 rings (SSSR count). The van der Waals surface area contributed by atoms with Crippen LogP contribution in [0.1, 0.15) is 31.7 Å². The molecule has 1 atom stereocenters. The van der Waals surface area contributed by atoms with Crippen molar-refractivity contribution in [2.75, 3.05) is 6.54 Å². The summed E-state index contributed by atoms with van der Waals surface area (Å²) in [7, 11) is 0. The van der Waals surface area contributed by atoms with Gasteiger partial charge in [0.25, 0.3) is 0 Å². The number of rotatable bonds is 7. The summed E-state index contributed by atoms with van der Waals surface area (Å²) in [6, 6.07) is 10.5. The first-order valence-corrected chi connectivity index (χ1v) is 6.29. The van der Waals surface area contributed by atoms with Crippen LogP contribution in [0.4, 0.5) is 0 Å². The fourth-order valence-electron chi connectivity index (χ4n) is 1.90. The zero-order valence-electron chi connectivity index (χ0n) is 10.9. The van der Waals surface area contributed by atoms with Gasteiger partial charge in [-0.05, 0) is 18.4 Å². The van der Waals surface area contributed by atoms with Crippen molar-refractivity contribution in [3.63, 3.8) is 0 Å². The molecule has 4 heteroatoms. The number of benzene rings is 1. The Morgan fingerprint density at radius 2 is 2.00 bits per heavy atom. The molecule has 0 saturated heterocycles. The second-order valence-electron chi connectivity index (χ2n) is 4.28. The molecule has 0 bridgehead atoms. The molecule has 0 fully saturated rings. The van der Waals surface area contributed by atoms with Crippen molar-refractivity contribution < 1.29 is 4.79 Å². The van der Waals surface area contributed by atoms with Crippen LogP contribution in [-0.4, -0.2) is 18.5 Å². The molecule has 18 heavy (non-hydrogen) atoms. The van der Waals surface area contributed by atoms with Gasteiger partial charge < -0.3 is 11.1 Å². The van der Waals surface area contributed by atoms with Crippen LogP contribution >= 0.6 is 12.4 Å². The second kappa shape index (κ2) is 9.92. The van der Waals surface area contributed by atoms with Gasteiger partial charge in [-0.1, -0.05) is 43.7 Å². The second-order valence-corrected chi connectivity index (χ2v) is 4.28. The van der Waals surface area contributed by atoms with Crippen molar-refractivity contribution in [1.82, 2.24) is 5.32 Å². The van der Waals surface area contributed by atoms with Gasteiger partial charge in [-0.2, -0.15) is 0 Å². The normalized spacial score (nSPS) is 11.4. The van der Waals surface area contributed by atoms with Gasteiger partial charge in [0.15, 0.2) is 0 Å². The number of carbonyl (C=O) groups is 1. The van der Waals surface area contributed by atoms with Gasteiger partial charge in [-0.15, -0.1) is 12.4 Å². The largest absolute Gasteiger partial charge is 0.353 e. The van der Waals surface area contributed by atoms with Crippen LogP contribution < -0.4 is 11.1 Å². The monoisotopic (exact) mass is 270 g/mol. The predicted octanol–water partition coefficient (Wildman–Crippen LogP) is 2.28. The molecule has 0 aliphatic carbocycles. The standard InChI is InChI=1S/C14H22N2O.ClH/c1-2-6-13(16-14(17)9-10-15)11-12-7-4-3-5-8-12;/h3-5,7-8,13H,2,6,9-11,15H2,1H3,(H,16,17);1H. The van der Waals surface area contributed by atoms with Gasteiger partial charge in [0.05, 0.1) is 0 Å². The topological polar surface area (TPSA) is 55.1 Å². The first kappa shape index (κ1) is 16.9. The number of halogens is 1. The van der Waals surface area contributed by atoms with E-state index in [-0.39, 0.29) is 24.4 Å². The predicted molar refractivity (Wildman–Crippen MR) is 77.9 cm³/mol. The summed E-state index contributed by atoms with van der Waals surface area (Å²) < 4.78 is 0. The molecule has 0 aromatic heterocycles. The van der Waals surface area contributed by atoms with Crippen LogP contribution in [0.25, 0.3) is 0 Å². The van der Waals surface area contributed by atoms with Crippen molar-refractivity contribution in [3.8, 4) is 0 Å². The van der Waals surface area contributed by atoms with Gasteiger partial charge in [0, 0.05) is 19.0 Å². The smallest absolute Gasteiger partial charge is 0.221 e. The van der Waals surface area contributed by atoms with Crippen LogP contribution in [0.15, 0.2) is 30.3 Å². The van der Waals surface area contributed by atoms with Gasteiger partial charge in [0.2, 0.25) is 5.91 Å². The van der Waals surface area contributed by atoms with E-state index in [1.807, 2.05) is 18.2 Å². The molecule has 1 aromatic rings. The van der Waals surface area contributed by atoms with Crippen LogP contribution in [0.2, 0.25) is 0 Å². The first-order valence-electron chi connectivity index (χ1n) is 6.29. The average molecular weight is 271 g/mol. The molecule has 0 spiro atoms. The number of hydrogen-bond donors (Lipinski definition) is 2. The van der Waals surface area contributed by atoms with Gasteiger partial charge >= 0.3 is 0 Å². The molecule has 0 radical (unpaired) electrons. The Hall–Kier alpha value is -1.06. The summed E-state index contributed by atoms with van der Waals surface area (Å²) in [5.41, 5.74) is 6.63. The Kier molecular flexibility index (Phi) is 9.33. The lowest BCUT2D eigenvalue weighted by Gasteiger charge is -2.18. The number of nitrogens with one attached hydrogen (secondary N) is 1. The van der Waals surface area contributed by atoms with Gasteiger partial charge in [-0.25, -0.2) is 0 Å². The summed E-state index contributed by atoms with van der Waals surface area (Å²) in [4.78, 5) is 11.5. The molecule has 3 N–H and O–H groups in total. The maximum Gasteiger partial charge on any atom is 0.221 e. The number of carbonyl (C=O) groups excluding carboxylic acids is 1. The molecule has 0 aliphatic heterocycles. The number of nitrogens with two attached hydrogens (primary N) is 1. The van der Waals surface area contributed by atoms with E-state index in [1.165, 1.54) is 5.56 Å². The highest BCUT2D eigenvalue weighted by Crippen LogP contribution is 2.07. The summed E-state index contributed by atoms with van der Waals surface area (Å²) in [5.74, 6) is 0.0573. The minimum atomic E-state index is 0. The molecule has 1 aromatic carbocycles. The number of hydrogen-bond acceptors (Lipinski definition) is 2. The average Bonchev–Trinajstić information content (AvgIpc) is 2.31. The van der Waals surface area contributed by atoms with Crippen LogP contribution in [0, 0.1) is 0 Å². The third-order valence-corrected chi connectivity index (χ3v) is 2.70. The maximum absolute atomic E-state index is 11.5. The highest BCUT2D eigenvalue weighted by molar-refractivity contribution is 5.85. The summed E-state index contributed by atoms with van der Waals surface area (Å²) >= 11 is 0. The quantitative estimate of drug-likeness (QED) is 0.799. The third-order valence-electron chi connectivity index (χ3n) is 2.70. The van der Waals surface area contributed by atoms with E-state index < -0.39 is 0 Å². The van der Waals surface area contributed by atoms with E-state index in [0.717, 1.165) is 19.3 Å². The van der Waals surface area contributed by atoms with Crippen LogP contribution in [0.5, 0.6) is 0 Å². The van der Waals surface area contributed by atoms with Crippen molar-refractivity contribution in [1.29, 1.82) is 0 Å². The molecule has 0 aliphatic rings. The van der Waals surface area contributed by atoms with Crippen molar-refractivity contribution in [2.45, 2.75) is 38.6 Å². The third kappa shape index (κ3) is 6.62. The van der Waals surface area contributed by atoms with E-state index in [4.69, 9.17) is 5.73 Å². The Balaban J connectivity index is 0.00000289. The molecule has 102 valence electrons. The zero-order chi connectivity index (χ0) is 12.5. The van der Waals surface area contributed by atoms with Gasteiger partial charge in [-0.3, -0.25) is 4.79 Å². The molecule has 1 amide bonds. The van der Waals surface area contributed by atoms with Crippen molar-refractivity contribution >= 4 is 18.3 Å². The fourth-order valence-corrected chi connectivity index (χ4v) is 1.90. The molecular weight excluding hydrogens is 248 g/mol. The summed E-state index contributed by atoms with van der Waals surface area (Å²) in [5, 5.41) is 3.05. The Morgan fingerprint density at radius 1 is 1.33 bits per heavy atom. The highest BCUT2D eigenvalue weighted by Gasteiger charge is 2.11. The molecule has 0 heterocycles. The SMILES string of the molecule is CCCC(Cc1ccccc1)NC(=O)CCN.Cl. The maximum atomic E-state index is 11.5. The van der Waals surface area contributed by atoms with E-state index in [9.17, 15) is 4.79 Å². The van der Waals surface area contributed by atoms with Crippen LogP contribution in [0.3, 0.4) is 0 Å². The molecule has 0 saturated carbocycles. The zero-order valence-corrected chi connectivity index (χ0v) is 11.7. The van der Waals surface area contributed by atoms with Crippen LogP contribution in [-0.2, 0) is 11.2 Å². The lowest BCUT2D eigenvalue weighted by Crippen LogP contribution is -2.37. The first-order chi connectivity index (χ1) is 8.26. The van der Waals surface area contributed by atoms with E-state index in [2.05, 4.69) is 24.4 Å². The molecule has 3 nitrogen and oxygen atoms in total.